The van der Waals surface area contributed by atoms with Crippen LogP contribution in [0.1, 0.15) is 24.9 Å². The highest BCUT2D eigenvalue weighted by atomic mass is 32.1. The molecule has 1 amide bonds. The van der Waals surface area contributed by atoms with E-state index in [1.807, 2.05) is 30.3 Å². The van der Waals surface area contributed by atoms with Gasteiger partial charge in [-0.2, -0.15) is 0 Å². The molecule has 1 aromatic carbocycles. The van der Waals surface area contributed by atoms with E-state index in [9.17, 15) is 9.59 Å². The van der Waals surface area contributed by atoms with Gasteiger partial charge in [0.25, 0.3) is 5.91 Å². The lowest BCUT2D eigenvalue weighted by Crippen LogP contribution is -2.12. The molecule has 0 aliphatic rings. The van der Waals surface area contributed by atoms with Crippen LogP contribution < -0.4 is 5.32 Å². The predicted octanol–water partition coefficient (Wildman–Crippen LogP) is 4.22. The van der Waals surface area contributed by atoms with E-state index < -0.39 is 5.97 Å². The number of aryl methyl sites for hydroxylation is 1. The van der Waals surface area contributed by atoms with Gasteiger partial charge in [0.05, 0.1) is 10.6 Å². The third kappa shape index (κ3) is 2.55. The molecular weight excluding hydrogens is 306 g/mol. The smallest absolute Gasteiger partial charge is 0.348 e. The number of fused-ring (bicyclic) bond motifs is 1. The van der Waals surface area contributed by atoms with Crippen molar-refractivity contribution in [2.75, 3.05) is 5.32 Å². The minimum atomic E-state index is -1.03. The first-order valence-corrected chi connectivity index (χ1v) is 7.87. The zero-order valence-corrected chi connectivity index (χ0v) is 12.7. The van der Waals surface area contributed by atoms with Crippen LogP contribution in [0.15, 0.2) is 35.7 Å². The second-order valence-electron chi connectivity index (χ2n) is 4.53. The molecule has 0 spiro atoms. The summed E-state index contributed by atoms with van der Waals surface area (Å²) >= 11 is 2.51. The third-order valence-electron chi connectivity index (χ3n) is 3.06. The van der Waals surface area contributed by atoms with Crippen molar-refractivity contribution in [1.82, 2.24) is 0 Å². The highest BCUT2D eigenvalue weighted by molar-refractivity contribution is 7.21. The Bertz CT molecular complexity index is 815. The SMILES string of the molecule is Cc1csc(C(=O)O)c1NC(=O)c1cc2ccccc2s1. The summed E-state index contributed by atoms with van der Waals surface area (Å²) in [5, 5.41) is 14.6. The number of rotatable bonds is 3. The fourth-order valence-corrected chi connectivity index (χ4v) is 3.83. The molecule has 0 atom stereocenters. The van der Waals surface area contributed by atoms with Crippen molar-refractivity contribution >= 4 is 50.3 Å². The van der Waals surface area contributed by atoms with E-state index in [0.717, 1.165) is 27.0 Å². The Morgan fingerprint density at radius 3 is 2.71 bits per heavy atom. The fraction of sp³-hybridized carbons (Fsp3) is 0.0667. The Morgan fingerprint density at radius 1 is 1.24 bits per heavy atom. The van der Waals surface area contributed by atoms with E-state index in [4.69, 9.17) is 5.11 Å². The first kappa shape index (κ1) is 13.8. The molecule has 0 unspecified atom stereocenters. The van der Waals surface area contributed by atoms with Crippen LogP contribution >= 0.6 is 22.7 Å². The number of anilines is 1. The number of carbonyl (C=O) groups is 2. The Balaban J connectivity index is 1.93. The Kier molecular flexibility index (Phi) is 3.48. The molecule has 0 radical (unpaired) electrons. The average Bonchev–Trinajstić information content (AvgIpc) is 3.03. The summed E-state index contributed by atoms with van der Waals surface area (Å²) in [5.41, 5.74) is 1.14. The van der Waals surface area contributed by atoms with Crippen LogP contribution in [0.25, 0.3) is 10.1 Å². The first-order valence-electron chi connectivity index (χ1n) is 6.17. The summed E-state index contributed by atoms with van der Waals surface area (Å²) in [5.74, 6) is -1.31. The van der Waals surface area contributed by atoms with E-state index in [-0.39, 0.29) is 10.8 Å². The topological polar surface area (TPSA) is 66.4 Å². The van der Waals surface area contributed by atoms with E-state index in [0.29, 0.717) is 10.6 Å². The summed E-state index contributed by atoms with van der Waals surface area (Å²) in [6, 6.07) is 9.56. The molecule has 6 heteroatoms. The van der Waals surface area contributed by atoms with Crippen molar-refractivity contribution < 1.29 is 14.7 Å². The molecule has 2 aromatic heterocycles. The lowest BCUT2D eigenvalue weighted by molar-refractivity contribution is 0.0703. The number of carboxylic acids is 1. The highest BCUT2D eigenvalue weighted by Gasteiger charge is 2.19. The number of carboxylic acid groups (broad SMARTS) is 1. The fourth-order valence-electron chi connectivity index (χ4n) is 2.03. The molecule has 21 heavy (non-hydrogen) atoms. The molecule has 0 aliphatic carbocycles. The summed E-state index contributed by atoms with van der Waals surface area (Å²) < 4.78 is 1.03. The zero-order valence-electron chi connectivity index (χ0n) is 11.0. The number of aromatic carboxylic acids is 1. The van der Waals surface area contributed by atoms with Gasteiger partial charge in [-0.1, -0.05) is 18.2 Å². The second kappa shape index (κ2) is 5.31. The number of carbonyl (C=O) groups excluding carboxylic acids is 1. The minimum Gasteiger partial charge on any atom is -0.477 e. The summed E-state index contributed by atoms with van der Waals surface area (Å²) in [6.07, 6.45) is 0. The molecule has 4 nitrogen and oxygen atoms in total. The van der Waals surface area contributed by atoms with Gasteiger partial charge in [0, 0.05) is 4.70 Å². The van der Waals surface area contributed by atoms with Crippen molar-refractivity contribution in [3.63, 3.8) is 0 Å². The molecule has 0 saturated heterocycles. The Labute approximate surface area is 128 Å². The van der Waals surface area contributed by atoms with E-state index in [1.165, 1.54) is 11.3 Å². The monoisotopic (exact) mass is 317 g/mol. The minimum absolute atomic E-state index is 0.155. The maximum absolute atomic E-state index is 12.3. The van der Waals surface area contributed by atoms with Crippen molar-refractivity contribution in [2.24, 2.45) is 0 Å². The van der Waals surface area contributed by atoms with Gasteiger partial charge in [-0.05, 0) is 35.4 Å². The summed E-state index contributed by atoms with van der Waals surface area (Å²) in [7, 11) is 0. The summed E-state index contributed by atoms with van der Waals surface area (Å²) in [4.78, 5) is 24.2. The van der Waals surface area contributed by atoms with Crippen LogP contribution in [-0.4, -0.2) is 17.0 Å². The number of hydrogen-bond donors (Lipinski definition) is 2. The van der Waals surface area contributed by atoms with Crippen LogP contribution in [0.3, 0.4) is 0 Å². The molecule has 0 saturated carbocycles. The van der Waals surface area contributed by atoms with Crippen molar-refractivity contribution in [2.45, 2.75) is 6.92 Å². The number of nitrogens with one attached hydrogen (secondary N) is 1. The maximum Gasteiger partial charge on any atom is 0.348 e. The average molecular weight is 317 g/mol. The largest absolute Gasteiger partial charge is 0.477 e. The van der Waals surface area contributed by atoms with Gasteiger partial charge in [0.1, 0.15) is 4.88 Å². The quantitative estimate of drug-likeness (QED) is 0.760. The predicted molar refractivity (Wildman–Crippen MR) is 85.8 cm³/mol. The number of benzene rings is 1. The van der Waals surface area contributed by atoms with E-state index in [2.05, 4.69) is 5.32 Å². The van der Waals surface area contributed by atoms with Gasteiger partial charge in [-0.3, -0.25) is 4.79 Å². The molecule has 0 aliphatic heterocycles. The number of thiophene rings is 2. The molecular formula is C15H11NO3S2. The first-order chi connectivity index (χ1) is 10.1. The van der Waals surface area contributed by atoms with Gasteiger partial charge < -0.3 is 10.4 Å². The Morgan fingerprint density at radius 2 is 2.00 bits per heavy atom. The van der Waals surface area contributed by atoms with Gasteiger partial charge >= 0.3 is 5.97 Å². The maximum atomic E-state index is 12.3. The highest BCUT2D eigenvalue weighted by Crippen LogP contribution is 2.30. The molecule has 3 aromatic rings. The lowest BCUT2D eigenvalue weighted by Gasteiger charge is -2.04. The third-order valence-corrected chi connectivity index (χ3v) is 5.26. The van der Waals surface area contributed by atoms with Crippen LogP contribution in [0.5, 0.6) is 0 Å². The molecule has 0 fully saturated rings. The van der Waals surface area contributed by atoms with Gasteiger partial charge in [0.15, 0.2) is 0 Å². The lowest BCUT2D eigenvalue weighted by atomic mass is 10.2. The van der Waals surface area contributed by atoms with Gasteiger partial charge in [-0.15, -0.1) is 22.7 Å². The Hall–Kier alpha value is -2.18. The van der Waals surface area contributed by atoms with Crippen LogP contribution in [0.2, 0.25) is 0 Å². The van der Waals surface area contributed by atoms with E-state index in [1.54, 1.807) is 12.3 Å². The summed E-state index contributed by atoms with van der Waals surface area (Å²) in [6.45, 7) is 1.78. The number of hydrogen-bond acceptors (Lipinski definition) is 4. The molecule has 106 valence electrons. The number of amides is 1. The van der Waals surface area contributed by atoms with Crippen LogP contribution in [-0.2, 0) is 0 Å². The van der Waals surface area contributed by atoms with Crippen molar-refractivity contribution in [3.05, 3.63) is 51.0 Å². The molecule has 3 rings (SSSR count). The molecule has 2 N–H and O–H groups in total. The van der Waals surface area contributed by atoms with Crippen LogP contribution in [0.4, 0.5) is 5.69 Å². The second-order valence-corrected chi connectivity index (χ2v) is 6.49. The zero-order chi connectivity index (χ0) is 15.0. The molecule has 2 heterocycles. The van der Waals surface area contributed by atoms with Gasteiger partial charge in [-0.25, -0.2) is 4.79 Å². The normalized spacial score (nSPS) is 10.7. The van der Waals surface area contributed by atoms with Gasteiger partial charge in [0.2, 0.25) is 0 Å². The standard InChI is InChI=1S/C15H11NO3S2/c1-8-7-20-13(15(18)19)12(8)16-14(17)11-6-9-4-2-3-5-10(9)21-11/h2-7H,1H3,(H,16,17)(H,18,19). The van der Waals surface area contributed by atoms with Crippen molar-refractivity contribution in [3.8, 4) is 0 Å². The van der Waals surface area contributed by atoms with E-state index >= 15 is 0 Å². The van der Waals surface area contributed by atoms with Crippen LogP contribution in [0, 0.1) is 6.92 Å². The molecule has 0 bridgehead atoms. The van der Waals surface area contributed by atoms with Crippen molar-refractivity contribution in [1.29, 1.82) is 0 Å².